The summed E-state index contributed by atoms with van der Waals surface area (Å²) in [6, 6.07) is 16.0. The lowest BCUT2D eigenvalue weighted by Gasteiger charge is -2.16. The first-order valence-electron chi connectivity index (χ1n) is 9.07. The van der Waals surface area contributed by atoms with Gasteiger partial charge in [0, 0.05) is 12.1 Å². The Balaban J connectivity index is 1.69. The Bertz CT molecular complexity index is 1040. The molecule has 0 aromatic heterocycles. The Morgan fingerprint density at radius 2 is 1.72 bits per heavy atom. The lowest BCUT2D eigenvalue weighted by atomic mass is 10.1. The second-order valence-electron chi connectivity index (χ2n) is 6.59. The fourth-order valence-electron chi connectivity index (χ4n) is 3.14. The summed E-state index contributed by atoms with van der Waals surface area (Å²) in [6.07, 6.45) is 0.613. The second kappa shape index (κ2) is 8.48. The van der Waals surface area contributed by atoms with Crippen molar-refractivity contribution in [1.82, 2.24) is 9.62 Å². The Kier molecular flexibility index (Phi) is 6.03. The van der Waals surface area contributed by atoms with Crippen LogP contribution in [0.5, 0.6) is 5.75 Å². The van der Waals surface area contributed by atoms with Gasteiger partial charge < -0.3 is 10.1 Å². The molecule has 1 heterocycles. The normalized spacial score (nSPS) is 15.5. The van der Waals surface area contributed by atoms with Crippen LogP contribution in [0.3, 0.4) is 0 Å². The number of sulfonamides is 1. The molecule has 152 valence electrons. The predicted octanol–water partition coefficient (Wildman–Crippen LogP) is 1.96. The monoisotopic (exact) mass is 414 g/mol. The van der Waals surface area contributed by atoms with Gasteiger partial charge in [-0.25, -0.2) is 12.7 Å². The molecule has 0 radical (unpaired) electrons. The van der Waals surface area contributed by atoms with E-state index < -0.39 is 28.4 Å². The van der Waals surface area contributed by atoms with Gasteiger partial charge in [0.15, 0.2) is 0 Å². The van der Waals surface area contributed by atoms with Crippen LogP contribution < -0.4 is 10.1 Å². The Morgan fingerprint density at radius 1 is 1.07 bits per heavy atom. The van der Waals surface area contributed by atoms with Crippen LogP contribution >= 0.6 is 0 Å². The van der Waals surface area contributed by atoms with Gasteiger partial charge in [-0.05, 0) is 48.7 Å². The second-order valence-corrected chi connectivity index (χ2v) is 8.38. The minimum atomic E-state index is -4.11. The highest BCUT2D eigenvalue weighted by Crippen LogP contribution is 2.35. The first-order chi connectivity index (χ1) is 13.8. The summed E-state index contributed by atoms with van der Waals surface area (Å²) in [4.78, 5) is 24.7. The first kappa shape index (κ1) is 20.6. The van der Waals surface area contributed by atoms with Crippen LogP contribution in [0.2, 0.25) is 0 Å². The van der Waals surface area contributed by atoms with Crippen molar-refractivity contribution in [2.45, 2.75) is 13.3 Å². The molecule has 8 heteroatoms. The van der Waals surface area contributed by atoms with Crippen LogP contribution in [0.25, 0.3) is 4.91 Å². The molecule has 0 aliphatic carbocycles. The van der Waals surface area contributed by atoms with E-state index >= 15 is 0 Å². The topological polar surface area (TPSA) is 92.8 Å². The molecule has 0 fully saturated rings. The van der Waals surface area contributed by atoms with E-state index in [9.17, 15) is 18.0 Å². The van der Waals surface area contributed by atoms with Crippen LogP contribution in [0.4, 0.5) is 0 Å². The van der Waals surface area contributed by atoms with Gasteiger partial charge in [0.25, 0.3) is 15.9 Å². The van der Waals surface area contributed by atoms with Gasteiger partial charge in [0.05, 0.1) is 7.11 Å². The number of rotatable bonds is 7. The van der Waals surface area contributed by atoms with E-state index in [1.54, 1.807) is 24.3 Å². The number of nitrogens with one attached hydrogen (secondary N) is 1. The smallest absolute Gasteiger partial charge is 0.268 e. The zero-order valence-electron chi connectivity index (χ0n) is 16.2. The fraction of sp³-hybridized carbons (Fsp3) is 0.238. The first-order valence-corrected chi connectivity index (χ1v) is 10.5. The number of carbonyl (C=O) groups is 2. The quantitative estimate of drug-likeness (QED) is 0.748. The average Bonchev–Trinajstić information content (AvgIpc) is 2.88. The van der Waals surface area contributed by atoms with Crippen molar-refractivity contribution in [1.29, 1.82) is 0 Å². The molecule has 1 aliphatic heterocycles. The molecule has 2 aromatic carbocycles. The molecule has 0 atom stereocenters. The third-order valence-electron chi connectivity index (χ3n) is 4.65. The highest BCUT2D eigenvalue weighted by Gasteiger charge is 2.43. The summed E-state index contributed by atoms with van der Waals surface area (Å²) in [5.74, 6) is -0.640. The van der Waals surface area contributed by atoms with Crippen LogP contribution in [-0.4, -0.2) is 44.7 Å². The van der Waals surface area contributed by atoms with E-state index in [0.717, 1.165) is 5.56 Å². The van der Waals surface area contributed by atoms with E-state index in [1.807, 2.05) is 30.3 Å². The molecule has 0 saturated carbocycles. The molecular weight excluding hydrogens is 392 g/mol. The van der Waals surface area contributed by atoms with Gasteiger partial charge in [-0.2, -0.15) is 0 Å². The lowest BCUT2D eigenvalue weighted by Crippen LogP contribution is -2.41. The van der Waals surface area contributed by atoms with Gasteiger partial charge in [-0.15, -0.1) is 0 Å². The zero-order valence-corrected chi connectivity index (χ0v) is 17.0. The summed E-state index contributed by atoms with van der Waals surface area (Å²) in [6.45, 7) is 1.25. The largest absolute Gasteiger partial charge is 0.497 e. The van der Waals surface area contributed by atoms with Crippen LogP contribution in [0.15, 0.2) is 60.2 Å². The summed E-state index contributed by atoms with van der Waals surface area (Å²) < 4.78 is 31.6. The van der Waals surface area contributed by atoms with Crippen LogP contribution in [0, 0.1) is 0 Å². The Morgan fingerprint density at radius 3 is 2.34 bits per heavy atom. The van der Waals surface area contributed by atoms with E-state index in [-0.39, 0.29) is 10.5 Å². The molecule has 0 saturated heterocycles. The Labute approximate surface area is 170 Å². The number of nitrogens with zero attached hydrogens (tertiary/aromatic N) is 1. The van der Waals surface area contributed by atoms with Gasteiger partial charge >= 0.3 is 0 Å². The van der Waals surface area contributed by atoms with Gasteiger partial charge in [0.1, 0.15) is 17.2 Å². The molecule has 3 rings (SSSR count). The van der Waals surface area contributed by atoms with Crippen molar-refractivity contribution in [3.63, 3.8) is 0 Å². The standard InChI is InChI=1S/C21H22N2O5S/c1-15-20(17-8-10-18(28-2)11-9-17)29(26,27)23(21(15)25)14-19(24)22-13-12-16-6-4-3-5-7-16/h3-11H,12-14H2,1-2H3,(H,22,24). The summed E-state index contributed by atoms with van der Waals surface area (Å²) in [5, 5.41) is 2.67. The SMILES string of the molecule is COc1ccc(C2=C(C)C(=O)N(CC(=O)NCCc3ccccc3)S2(=O)=O)cc1. The highest BCUT2D eigenvalue weighted by atomic mass is 32.2. The third kappa shape index (κ3) is 4.32. The van der Waals surface area contributed by atoms with Gasteiger partial charge in [0.2, 0.25) is 5.91 Å². The summed E-state index contributed by atoms with van der Waals surface area (Å²) in [5.41, 5.74) is 1.52. The fourth-order valence-corrected chi connectivity index (χ4v) is 4.91. The molecule has 0 unspecified atom stereocenters. The van der Waals surface area contributed by atoms with E-state index in [2.05, 4.69) is 5.32 Å². The molecular formula is C21H22N2O5S. The molecule has 2 aromatic rings. The molecule has 0 spiro atoms. The van der Waals surface area contributed by atoms with Crippen molar-refractivity contribution in [2.75, 3.05) is 20.2 Å². The third-order valence-corrected chi connectivity index (χ3v) is 6.59. The Hall–Kier alpha value is -3.13. The van der Waals surface area contributed by atoms with Crippen molar-refractivity contribution in [2.24, 2.45) is 0 Å². The van der Waals surface area contributed by atoms with Crippen LogP contribution in [0.1, 0.15) is 18.1 Å². The summed E-state index contributed by atoms with van der Waals surface area (Å²) >= 11 is 0. The molecule has 7 nitrogen and oxygen atoms in total. The number of amides is 2. The van der Waals surface area contributed by atoms with Gasteiger partial charge in [-0.1, -0.05) is 30.3 Å². The average molecular weight is 414 g/mol. The minimum absolute atomic E-state index is 0.0813. The van der Waals surface area contributed by atoms with Crippen molar-refractivity contribution >= 4 is 26.7 Å². The summed E-state index contributed by atoms with van der Waals surface area (Å²) in [7, 11) is -2.60. The molecule has 0 bridgehead atoms. The number of hydrogen-bond acceptors (Lipinski definition) is 5. The molecule has 1 N–H and O–H groups in total. The van der Waals surface area contributed by atoms with E-state index in [1.165, 1.54) is 14.0 Å². The number of benzene rings is 2. The predicted molar refractivity (Wildman–Crippen MR) is 109 cm³/mol. The maximum absolute atomic E-state index is 12.9. The number of methoxy groups -OCH3 is 1. The molecule has 2 amide bonds. The van der Waals surface area contributed by atoms with Crippen molar-refractivity contribution in [3.05, 3.63) is 71.3 Å². The highest BCUT2D eigenvalue weighted by molar-refractivity contribution is 7.99. The van der Waals surface area contributed by atoms with E-state index in [4.69, 9.17) is 4.74 Å². The van der Waals surface area contributed by atoms with Crippen molar-refractivity contribution < 1.29 is 22.7 Å². The molecule has 1 aliphatic rings. The number of ether oxygens (including phenoxy) is 1. The van der Waals surface area contributed by atoms with Gasteiger partial charge in [-0.3, -0.25) is 9.59 Å². The maximum atomic E-state index is 12.9. The van der Waals surface area contributed by atoms with E-state index in [0.29, 0.717) is 28.6 Å². The maximum Gasteiger partial charge on any atom is 0.268 e. The number of hydrogen-bond donors (Lipinski definition) is 1. The van der Waals surface area contributed by atoms with Crippen LogP contribution in [-0.2, 0) is 26.0 Å². The molecule has 29 heavy (non-hydrogen) atoms. The lowest BCUT2D eigenvalue weighted by molar-refractivity contribution is -0.128. The zero-order chi connectivity index (χ0) is 21.0. The minimum Gasteiger partial charge on any atom is -0.497 e. The number of carbonyl (C=O) groups excluding carboxylic acids is 2. The van der Waals surface area contributed by atoms with Crippen molar-refractivity contribution in [3.8, 4) is 5.75 Å².